The third-order valence-corrected chi connectivity index (χ3v) is 10.8. The van der Waals surface area contributed by atoms with Gasteiger partial charge in [0, 0.05) is 50.0 Å². The van der Waals surface area contributed by atoms with Gasteiger partial charge in [0.2, 0.25) is 11.8 Å². The van der Waals surface area contributed by atoms with Crippen molar-refractivity contribution in [2.45, 2.75) is 12.8 Å². The van der Waals surface area contributed by atoms with Gasteiger partial charge in [0.25, 0.3) is 0 Å². The minimum absolute atomic E-state index is 0.441. The third kappa shape index (κ3) is 4.57. The van der Waals surface area contributed by atoms with Gasteiger partial charge in [-0.1, -0.05) is 91.0 Å². The normalized spacial score (nSPS) is 17.4. The Kier molecular flexibility index (Phi) is 6.40. The molecule has 3 aromatic heterocycles. The highest BCUT2D eigenvalue weighted by Crippen LogP contribution is 2.43. The first-order chi connectivity index (χ1) is 25.7. The van der Waals surface area contributed by atoms with Crippen LogP contribution in [0.1, 0.15) is 12.8 Å². The van der Waals surface area contributed by atoms with E-state index in [0.717, 1.165) is 56.7 Å². The number of benzene rings is 6. The molecule has 2 aliphatic carbocycles. The van der Waals surface area contributed by atoms with Crippen molar-refractivity contribution in [1.82, 2.24) is 19.3 Å². The number of para-hydroxylation sites is 4. The monoisotopic (exact) mass is 672 g/mol. The lowest BCUT2D eigenvalue weighted by Gasteiger charge is -2.14. The summed E-state index contributed by atoms with van der Waals surface area (Å²) in [7, 11) is 0. The highest BCUT2D eigenvalue weighted by atomic mass is 16.5. The summed E-state index contributed by atoms with van der Waals surface area (Å²) in [6.07, 6.45) is 8.86. The Balaban J connectivity index is 1.07. The van der Waals surface area contributed by atoms with E-state index in [1.807, 2.05) is 30.5 Å². The Morgan fingerprint density at radius 2 is 1.10 bits per heavy atom. The van der Waals surface area contributed by atoms with Gasteiger partial charge in [-0.25, -0.2) is 0 Å². The fourth-order valence-electron chi connectivity index (χ4n) is 8.47. The molecule has 0 radical (unpaired) electrons. The fraction of sp³-hybridized carbons (Fsp3) is 0.0870. The lowest BCUT2D eigenvalue weighted by atomic mass is 10.0. The molecule has 52 heavy (non-hydrogen) atoms. The molecule has 2 unspecified atom stereocenters. The molecular weight excluding hydrogens is 641 g/mol. The predicted molar refractivity (Wildman–Crippen MR) is 208 cm³/mol. The van der Waals surface area contributed by atoms with E-state index in [1.165, 1.54) is 33.5 Å². The van der Waals surface area contributed by atoms with Gasteiger partial charge in [-0.3, -0.25) is 0 Å². The van der Waals surface area contributed by atoms with E-state index < -0.39 is 0 Å². The lowest BCUT2D eigenvalue weighted by Crippen LogP contribution is -2.00. The molecule has 0 amide bonds. The fourth-order valence-corrected chi connectivity index (χ4v) is 8.47. The number of ether oxygens (including phenoxy) is 1. The van der Waals surface area contributed by atoms with Crippen LogP contribution >= 0.6 is 0 Å². The first-order valence-corrected chi connectivity index (χ1v) is 17.9. The topological polar surface area (TPSA) is 58.0 Å². The molecule has 1 saturated carbocycles. The van der Waals surface area contributed by atoms with Crippen LogP contribution in [-0.4, -0.2) is 19.3 Å². The number of rotatable bonds is 6. The van der Waals surface area contributed by atoms with Crippen LogP contribution in [0.25, 0.3) is 77.9 Å². The number of hydrogen-bond acceptors (Lipinski definition) is 4. The molecule has 2 atom stereocenters. The maximum atomic E-state index is 6.50. The maximum Gasteiger partial charge on any atom is 0.248 e. The van der Waals surface area contributed by atoms with Gasteiger partial charge in [-0.2, -0.15) is 0 Å². The highest BCUT2D eigenvalue weighted by Gasteiger charge is 2.31. The van der Waals surface area contributed by atoms with Crippen LogP contribution in [0, 0.1) is 11.8 Å². The van der Waals surface area contributed by atoms with E-state index in [9.17, 15) is 0 Å². The first-order valence-electron chi connectivity index (χ1n) is 17.9. The van der Waals surface area contributed by atoms with Gasteiger partial charge in [-0.05, 0) is 85.0 Å². The number of fused-ring (bicyclic) bond motifs is 8. The number of hydrogen-bond donors (Lipinski definition) is 0. The summed E-state index contributed by atoms with van der Waals surface area (Å²) in [5, 5.41) is 14.0. The molecule has 2 aliphatic rings. The van der Waals surface area contributed by atoms with Crippen LogP contribution in [0.4, 0.5) is 0 Å². The quantitative estimate of drug-likeness (QED) is 0.130. The van der Waals surface area contributed by atoms with Gasteiger partial charge in [0.1, 0.15) is 5.75 Å². The average Bonchev–Trinajstić information content (AvgIpc) is 4.04. The van der Waals surface area contributed by atoms with Crippen molar-refractivity contribution in [2.75, 3.05) is 0 Å². The van der Waals surface area contributed by atoms with E-state index in [4.69, 9.17) is 9.15 Å². The summed E-state index contributed by atoms with van der Waals surface area (Å²) in [5.41, 5.74) is 9.54. The Bertz CT molecular complexity index is 2680. The molecule has 248 valence electrons. The van der Waals surface area contributed by atoms with Gasteiger partial charge in [0.05, 0.1) is 28.3 Å². The van der Waals surface area contributed by atoms with Gasteiger partial charge < -0.3 is 18.3 Å². The van der Waals surface area contributed by atoms with Gasteiger partial charge >= 0.3 is 0 Å². The number of allylic oxidation sites excluding steroid dienone is 3. The van der Waals surface area contributed by atoms with Crippen LogP contribution in [-0.2, 0) is 0 Å². The highest BCUT2D eigenvalue weighted by molar-refractivity contribution is 6.10. The molecule has 3 heterocycles. The van der Waals surface area contributed by atoms with Crippen molar-refractivity contribution in [1.29, 1.82) is 0 Å². The molecule has 6 aromatic carbocycles. The second kappa shape index (κ2) is 11.4. The van der Waals surface area contributed by atoms with Gasteiger partial charge in [0.15, 0.2) is 0 Å². The SMILES string of the molecule is C1=CC2CC1C/C2=C/Oc1cccc(-c2nnc(-c3cc(-n4c5ccccc5c5ccccc54)cc(-n4c5ccccc5c5ccccc54)c3)o2)c1. The molecule has 1 fully saturated rings. The largest absolute Gasteiger partial charge is 0.465 e. The molecular formula is C46H32N4O2. The molecule has 9 aromatic rings. The van der Waals surface area contributed by atoms with E-state index >= 15 is 0 Å². The molecule has 0 spiro atoms. The molecule has 0 aliphatic heterocycles. The van der Waals surface area contributed by atoms with Crippen molar-refractivity contribution in [3.63, 3.8) is 0 Å². The second-order valence-electron chi connectivity index (χ2n) is 13.9. The summed E-state index contributed by atoms with van der Waals surface area (Å²) in [6.45, 7) is 0. The van der Waals surface area contributed by atoms with Crippen LogP contribution in [0.15, 0.2) is 168 Å². The Morgan fingerprint density at radius 3 is 1.62 bits per heavy atom. The lowest BCUT2D eigenvalue weighted by molar-refractivity contribution is 0.469. The van der Waals surface area contributed by atoms with E-state index in [1.54, 1.807) is 0 Å². The standard InChI is InChI=1S/C46H32N4O2/c1-5-16-41-37(12-1)38-13-2-6-17-42(38)49(41)34-24-32(25-35(27-34)50-43-18-7-3-14-39(43)40-15-4-8-19-44(40)50)46-48-47-45(52-46)31-10-9-11-36(26-31)51-28-33-23-29-20-21-30(33)22-29/h1-21,24-30H,22-23H2/b33-28-. The zero-order valence-electron chi connectivity index (χ0n) is 28.2. The molecule has 0 saturated heterocycles. The van der Waals surface area contributed by atoms with Crippen molar-refractivity contribution in [3.05, 3.63) is 164 Å². The van der Waals surface area contributed by atoms with Crippen molar-refractivity contribution in [2.24, 2.45) is 11.8 Å². The van der Waals surface area contributed by atoms with Gasteiger partial charge in [-0.15, -0.1) is 10.2 Å². The summed E-state index contributed by atoms with van der Waals surface area (Å²) >= 11 is 0. The molecule has 0 N–H and O–H groups in total. The average molecular weight is 673 g/mol. The second-order valence-corrected chi connectivity index (χ2v) is 13.9. The third-order valence-electron chi connectivity index (χ3n) is 10.8. The number of nitrogens with zero attached hydrogens (tertiary/aromatic N) is 4. The van der Waals surface area contributed by atoms with Crippen molar-refractivity contribution < 1.29 is 9.15 Å². The van der Waals surface area contributed by atoms with Crippen molar-refractivity contribution >= 4 is 43.6 Å². The van der Waals surface area contributed by atoms with Crippen LogP contribution in [0.3, 0.4) is 0 Å². The zero-order valence-corrected chi connectivity index (χ0v) is 28.2. The summed E-state index contributed by atoms with van der Waals surface area (Å²) in [4.78, 5) is 0. The minimum Gasteiger partial charge on any atom is -0.465 e. The maximum absolute atomic E-state index is 6.50. The smallest absolute Gasteiger partial charge is 0.248 e. The Morgan fingerprint density at radius 1 is 0.558 bits per heavy atom. The van der Waals surface area contributed by atoms with Crippen molar-refractivity contribution in [3.8, 4) is 40.0 Å². The zero-order chi connectivity index (χ0) is 34.2. The molecule has 11 rings (SSSR count). The Labute approximate surface area is 299 Å². The molecule has 6 heteroatoms. The van der Waals surface area contributed by atoms with Crippen LogP contribution < -0.4 is 4.74 Å². The van der Waals surface area contributed by atoms with E-state index in [2.05, 4.69) is 147 Å². The summed E-state index contributed by atoms with van der Waals surface area (Å²) in [6, 6.07) is 48.8. The van der Waals surface area contributed by atoms with E-state index in [0.29, 0.717) is 23.6 Å². The van der Waals surface area contributed by atoms with E-state index in [-0.39, 0.29) is 0 Å². The predicted octanol–water partition coefficient (Wildman–Crippen LogP) is 11.5. The molecule has 2 bridgehead atoms. The Hall–Kier alpha value is -6.66. The van der Waals surface area contributed by atoms with Crippen LogP contribution in [0.5, 0.6) is 5.75 Å². The first kappa shape index (κ1) is 29.1. The summed E-state index contributed by atoms with van der Waals surface area (Å²) < 4.78 is 17.3. The van der Waals surface area contributed by atoms with Crippen LogP contribution in [0.2, 0.25) is 0 Å². The molecule has 6 nitrogen and oxygen atoms in total. The summed E-state index contributed by atoms with van der Waals surface area (Å²) in [5.74, 6) is 2.81. The minimum atomic E-state index is 0.441. The number of aromatic nitrogens is 4.